The van der Waals surface area contributed by atoms with Crippen molar-refractivity contribution in [3.8, 4) is 0 Å². The second-order valence-electron chi connectivity index (χ2n) is 6.13. The van der Waals surface area contributed by atoms with Gasteiger partial charge in [0.05, 0.1) is 11.2 Å². The van der Waals surface area contributed by atoms with E-state index >= 15 is 0 Å². The van der Waals surface area contributed by atoms with Gasteiger partial charge in [0.25, 0.3) is 5.91 Å². The summed E-state index contributed by atoms with van der Waals surface area (Å²) >= 11 is 0. The van der Waals surface area contributed by atoms with Crippen molar-refractivity contribution in [2.45, 2.75) is 38.9 Å². The van der Waals surface area contributed by atoms with Crippen LogP contribution in [0.15, 0.2) is 12.4 Å². The monoisotopic (exact) mass is 277 g/mol. The highest BCUT2D eigenvalue weighted by molar-refractivity contribution is 6.61. The molecule has 0 saturated carbocycles. The summed E-state index contributed by atoms with van der Waals surface area (Å²) in [7, 11) is 2.81. The normalized spacial score (nSPS) is 20.0. The maximum absolute atomic E-state index is 11.7. The molecule has 1 saturated heterocycles. The van der Waals surface area contributed by atoms with E-state index in [0.717, 1.165) is 0 Å². The Kier molecular flexibility index (Phi) is 3.60. The van der Waals surface area contributed by atoms with Crippen molar-refractivity contribution in [1.29, 1.82) is 0 Å². The zero-order chi connectivity index (χ0) is 15.1. The van der Waals surface area contributed by atoms with E-state index in [0.29, 0.717) is 5.46 Å². The number of carbonyl (C=O) groups is 1. The van der Waals surface area contributed by atoms with Crippen LogP contribution in [0.5, 0.6) is 0 Å². The first-order valence-corrected chi connectivity index (χ1v) is 6.53. The van der Waals surface area contributed by atoms with E-state index in [1.54, 1.807) is 26.5 Å². The minimum Gasteiger partial charge on any atom is -0.399 e. The molecular formula is C13H20BN3O3. The molecule has 1 fully saturated rings. The molecule has 1 aromatic rings. The van der Waals surface area contributed by atoms with Crippen LogP contribution in [0, 0.1) is 0 Å². The second kappa shape index (κ2) is 4.82. The Balaban J connectivity index is 2.18. The highest BCUT2D eigenvalue weighted by Crippen LogP contribution is 2.36. The molecule has 1 aliphatic rings. The lowest BCUT2D eigenvalue weighted by Gasteiger charge is -2.32. The number of nitrogens with zero attached hydrogens (tertiary/aromatic N) is 3. The van der Waals surface area contributed by atoms with E-state index in [1.165, 1.54) is 4.90 Å². The van der Waals surface area contributed by atoms with Crippen molar-refractivity contribution in [2.24, 2.45) is 0 Å². The molecule has 1 aromatic heterocycles. The molecule has 1 aliphatic heterocycles. The molecule has 2 heterocycles. The average molecular weight is 277 g/mol. The molecule has 0 spiro atoms. The van der Waals surface area contributed by atoms with E-state index in [4.69, 9.17) is 9.31 Å². The van der Waals surface area contributed by atoms with Gasteiger partial charge in [-0.1, -0.05) is 0 Å². The fourth-order valence-electron chi connectivity index (χ4n) is 1.75. The minimum absolute atomic E-state index is 0.162. The number of amides is 1. The smallest absolute Gasteiger partial charge is 0.399 e. The third-order valence-electron chi connectivity index (χ3n) is 3.79. The molecule has 0 N–H and O–H groups in total. The Hall–Kier alpha value is -1.47. The maximum atomic E-state index is 11.7. The summed E-state index contributed by atoms with van der Waals surface area (Å²) in [5, 5.41) is 0. The topological polar surface area (TPSA) is 64.6 Å². The van der Waals surface area contributed by atoms with Gasteiger partial charge in [0.1, 0.15) is 0 Å². The first-order valence-electron chi connectivity index (χ1n) is 6.53. The maximum Gasteiger partial charge on any atom is 0.498 e. The molecule has 0 aromatic carbocycles. The van der Waals surface area contributed by atoms with E-state index in [2.05, 4.69) is 9.97 Å². The highest BCUT2D eigenvalue weighted by Gasteiger charge is 2.51. The lowest BCUT2D eigenvalue weighted by atomic mass is 9.81. The van der Waals surface area contributed by atoms with Crippen molar-refractivity contribution < 1.29 is 14.1 Å². The Morgan fingerprint density at radius 3 is 1.95 bits per heavy atom. The van der Waals surface area contributed by atoms with E-state index < -0.39 is 18.3 Å². The van der Waals surface area contributed by atoms with Gasteiger partial charge in [0.15, 0.2) is 0 Å². The number of aromatic nitrogens is 2. The van der Waals surface area contributed by atoms with Crippen molar-refractivity contribution in [1.82, 2.24) is 14.9 Å². The van der Waals surface area contributed by atoms with Crippen molar-refractivity contribution >= 4 is 18.5 Å². The van der Waals surface area contributed by atoms with Crippen LogP contribution in [0.3, 0.4) is 0 Å². The number of carbonyl (C=O) groups excluding carboxylic acids is 1. The fraction of sp³-hybridized carbons (Fsp3) is 0.615. The molecule has 6 nitrogen and oxygen atoms in total. The van der Waals surface area contributed by atoms with Crippen molar-refractivity contribution in [3.63, 3.8) is 0 Å². The van der Waals surface area contributed by atoms with Gasteiger partial charge in [-0.25, -0.2) is 9.97 Å². The first-order chi connectivity index (χ1) is 9.14. The van der Waals surface area contributed by atoms with Crippen LogP contribution in [-0.4, -0.2) is 53.2 Å². The second-order valence-corrected chi connectivity index (χ2v) is 6.13. The highest BCUT2D eigenvalue weighted by atomic mass is 16.7. The molecule has 20 heavy (non-hydrogen) atoms. The van der Waals surface area contributed by atoms with Gasteiger partial charge >= 0.3 is 7.12 Å². The molecule has 0 aliphatic carbocycles. The van der Waals surface area contributed by atoms with E-state index in [9.17, 15) is 4.79 Å². The number of hydrogen-bond donors (Lipinski definition) is 0. The van der Waals surface area contributed by atoms with Crippen LogP contribution in [0.25, 0.3) is 0 Å². The third-order valence-corrected chi connectivity index (χ3v) is 3.79. The largest absolute Gasteiger partial charge is 0.498 e. The first kappa shape index (κ1) is 14.9. The summed E-state index contributed by atoms with van der Waals surface area (Å²) in [5.41, 5.74) is -0.107. The van der Waals surface area contributed by atoms with Gasteiger partial charge in [-0.15, -0.1) is 0 Å². The lowest BCUT2D eigenvalue weighted by Crippen LogP contribution is -2.41. The summed E-state index contributed by atoms with van der Waals surface area (Å²) in [6, 6.07) is 0. The SMILES string of the molecule is CN(C)C(=O)c1ncc(B2OC(C)(C)C(C)(C)O2)cn1. The number of rotatable bonds is 2. The van der Waals surface area contributed by atoms with Crippen molar-refractivity contribution in [3.05, 3.63) is 18.2 Å². The zero-order valence-electron chi connectivity index (χ0n) is 12.8. The summed E-state index contributed by atoms with van der Waals surface area (Å²) in [6.07, 6.45) is 3.15. The summed E-state index contributed by atoms with van der Waals surface area (Å²) in [4.78, 5) is 21.3. The van der Waals surface area contributed by atoms with Crippen LogP contribution in [0.4, 0.5) is 0 Å². The van der Waals surface area contributed by atoms with Crippen molar-refractivity contribution in [2.75, 3.05) is 14.1 Å². The molecule has 1 amide bonds. The molecule has 7 heteroatoms. The van der Waals surface area contributed by atoms with Crippen LogP contribution in [-0.2, 0) is 9.31 Å². The molecular weight excluding hydrogens is 257 g/mol. The molecule has 2 rings (SSSR count). The average Bonchev–Trinajstić information content (AvgIpc) is 2.57. The lowest BCUT2D eigenvalue weighted by molar-refractivity contribution is 0.00578. The van der Waals surface area contributed by atoms with Gasteiger partial charge in [-0.3, -0.25) is 4.79 Å². The standard InChI is InChI=1S/C13H20BN3O3/c1-12(2)13(3,4)20-14(19-12)9-7-15-10(16-8-9)11(18)17(5)6/h7-8H,1-6H3. The molecule has 0 bridgehead atoms. The molecule has 0 unspecified atom stereocenters. The van der Waals surface area contributed by atoms with Crippen LogP contribution in [0.1, 0.15) is 38.3 Å². The van der Waals surface area contributed by atoms with Gasteiger partial charge in [-0.05, 0) is 27.7 Å². The quantitative estimate of drug-likeness (QED) is 0.736. The predicted molar refractivity (Wildman–Crippen MR) is 75.8 cm³/mol. The van der Waals surface area contributed by atoms with Gasteiger partial charge < -0.3 is 14.2 Å². The summed E-state index contributed by atoms with van der Waals surface area (Å²) in [6.45, 7) is 7.94. The Bertz CT molecular complexity index is 498. The van der Waals surface area contributed by atoms with Gasteiger partial charge in [0.2, 0.25) is 5.82 Å². The van der Waals surface area contributed by atoms with E-state index in [1.807, 2.05) is 27.7 Å². The molecule has 0 atom stereocenters. The molecule has 108 valence electrons. The third kappa shape index (κ3) is 2.55. The van der Waals surface area contributed by atoms with Crippen LogP contribution < -0.4 is 5.46 Å². The fourth-order valence-corrected chi connectivity index (χ4v) is 1.75. The van der Waals surface area contributed by atoms with Gasteiger partial charge in [-0.2, -0.15) is 0 Å². The Labute approximate surface area is 119 Å². The van der Waals surface area contributed by atoms with Gasteiger partial charge in [0, 0.05) is 32.0 Å². The Morgan fingerprint density at radius 2 is 1.55 bits per heavy atom. The Morgan fingerprint density at radius 1 is 1.10 bits per heavy atom. The summed E-state index contributed by atoms with van der Waals surface area (Å²) < 4.78 is 11.8. The minimum atomic E-state index is -0.511. The molecule has 0 radical (unpaired) electrons. The van der Waals surface area contributed by atoms with E-state index in [-0.39, 0.29) is 11.7 Å². The summed E-state index contributed by atoms with van der Waals surface area (Å²) in [5.74, 6) is -0.0688. The van der Waals surface area contributed by atoms with Crippen LogP contribution in [0.2, 0.25) is 0 Å². The predicted octanol–water partition coefficient (Wildman–Crippen LogP) is 0.478. The zero-order valence-corrected chi connectivity index (χ0v) is 12.8. The number of hydrogen-bond acceptors (Lipinski definition) is 5. The van der Waals surface area contributed by atoms with Crippen LogP contribution >= 0.6 is 0 Å².